The van der Waals surface area contributed by atoms with Crippen molar-refractivity contribution >= 4 is 38.3 Å². The van der Waals surface area contributed by atoms with Crippen molar-refractivity contribution in [2.45, 2.75) is 36.6 Å². The summed E-state index contributed by atoms with van der Waals surface area (Å²) in [7, 11) is -3.71. The maximum atomic E-state index is 13.1. The Balaban J connectivity index is 1.36. The molecule has 2 amide bonds. The Labute approximate surface area is 205 Å². The van der Waals surface area contributed by atoms with Crippen molar-refractivity contribution in [2.75, 3.05) is 18.4 Å². The van der Waals surface area contributed by atoms with Crippen LogP contribution in [0.3, 0.4) is 0 Å². The lowest BCUT2D eigenvalue weighted by Crippen LogP contribution is -2.49. The number of nitrogens with zero attached hydrogens (tertiary/aromatic N) is 1. The number of carbonyl (C=O) groups excluding carboxylic acids is 2. The number of piperidine rings is 1. The minimum absolute atomic E-state index is 0.134. The Morgan fingerprint density at radius 2 is 1.77 bits per heavy atom. The van der Waals surface area contributed by atoms with Crippen LogP contribution in [0.15, 0.2) is 84.3 Å². The van der Waals surface area contributed by atoms with Gasteiger partial charge in [-0.25, -0.2) is 8.42 Å². The Morgan fingerprint density at radius 1 is 1.03 bits per heavy atom. The zero-order chi connectivity index (χ0) is 24.8. The highest BCUT2D eigenvalue weighted by Crippen LogP contribution is 2.23. The molecule has 0 spiro atoms. The summed E-state index contributed by atoms with van der Waals surface area (Å²) < 4.78 is 27.6. The van der Waals surface area contributed by atoms with E-state index in [4.69, 9.17) is 0 Å². The number of benzene rings is 3. The highest BCUT2D eigenvalue weighted by atomic mass is 32.2. The first-order valence-electron chi connectivity index (χ1n) is 11.7. The predicted octanol–water partition coefficient (Wildman–Crippen LogP) is 3.87. The molecule has 3 aromatic carbocycles. The van der Waals surface area contributed by atoms with Crippen LogP contribution in [-0.4, -0.2) is 43.7 Å². The third kappa shape index (κ3) is 5.96. The number of aryl methyl sites for hydroxylation is 1. The first-order valence-corrected chi connectivity index (χ1v) is 13.1. The number of hydrogen-bond donors (Lipinski definition) is 2. The van der Waals surface area contributed by atoms with E-state index in [9.17, 15) is 18.0 Å². The van der Waals surface area contributed by atoms with E-state index in [0.717, 1.165) is 22.8 Å². The average molecular weight is 492 g/mol. The molecule has 0 unspecified atom stereocenters. The molecule has 1 aliphatic rings. The molecular weight excluding hydrogens is 462 g/mol. The Kier molecular flexibility index (Phi) is 7.63. The van der Waals surface area contributed by atoms with Crippen LogP contribution in [0.2, 0.25) is 0 Å². The lowest BCUT2D eigenvalue weighted by molar-refractivity contribution is -0.117. The summed E-state index contributed by atoms with van der Waals surface area (Å²) in [5, 5.41) is 7.91. The number of nitrogens with one attached hydrogen (secondary N) is 2. The summed E-state index contributed by atoms with van der Waals surface area (Å²) in [5.74, 6) is -0.444. The van der Waals surface area contributed by atoms with Crippen LogP contribution < -0.4 is 10.6 Å². The van der Waals surface area contributed by atoms with E-state index in [1.807, 2.05) is 24.3 Å². The SMILES string of the molecule is C=CC(=O)N[C@H]1CCCN(S(=O)(=O)c2ccc(NC(=O)CCc3cccc4ccccc34)cc2)C1. The molecule has 1 heterocycles. The molecule has 35 heavy (non-hydrogen) atoms. The fraction of sp³-hybridized carbons (Fsp3) is 0.259. The molecule has 1 fully saturated rings. The average Bonchev–Trinajstić information content (AvgIpc) is 2.88. The molecule has 3 aromatic rings. The number of fused-ring (bicyclic) bond motifs is 1. The molecule has 0 aromatic heterocycles. The smallest absolute Gasteiger partial charge is 0.243 e. The third-order valence-electron chi connectivity index (χ3n) is 6.19. The van der Waals surface area contributed by atoms with Gasteiger partial charge in [-0.05, 0) is 65.9 Å². The van der Waals surface area contributed by atoms with Crippen molar-refractivity contribution in [1.82, 2.24) is 9.62 Å². The second-order valence-electron chi connectivity index (χ2n) is 8.63. The summed E-state index contributed by atoms with van der Waals surface area (Å²) in [6.07, 6.45) is 3.49. The highest BCUT2D eigenvalue weighted by Gasteiger charge is 2.30. The van der Waals surface area contributed by atoms with Gasteiger partial charge >= 0.3 is 0 Å². The lowest BCUT2D eigenvalue weighted by atomic mass is 10.0. The molecule has 0 bridgehead atoms. The number of sulfonamides is 1. The highest BCUT2D eigenvalue weighted by molar-refractivity contribution is 7.89. The van der Waals surface area contributed by atoms with Gasteiger partial charge in [0, 0.05) is 31.2 Å². The van der Waals surface area contributed by atoms with Gasteiger partial charge in [0.2, 0.25) is 21.8 Å². The molecule has 1 aliphatic heterocycles. The van der Waals surface area contributed by atoms with E-state index in [1.165, 1.54) is 22.5 Å². The van der Waals surface area contributed by atoms with Gasteiger partial charge in [0.05, 0.1) is 4.90 Å². The van der Waals surface area contributed by atoms with Gasteiger partial charge in [0.25, 0.3) is 0 Å². The van der Waals surface area contributed by atoms with Crippen molar-refractivity contribution in [3.8, 4) is 0 Å². The fourth-order valence-electron chi connectivity index (χ4n) is 4.38. The van der Waals surface area contributed by atoms with Crippen LogP contribution in [0.5, 0.6) is 0 Å². The number of carbonyl (C=O) groups is 2. The maximum absolute atomic E-state index is 13.1. The quantitative estimate of drug-likeness (QED) is 0.468. The second kappa shape index (κ2) is 10.8. The van der Waals surface area contributed by atoms with Crippen LogP contribution in [-0.2, 0) is 26.0 Å². The predicted molar refractivity (Wildman–Crippen MR) is 137 cm³/mol. The van der Waals surface area contributed by atoms with E-state index in [2.05, 4.69) is 35.4 Å². The largest absolute Gasteiger partial charge is 0.349 e. The van der Waals surface area contributed by atoms with Gasteiger partial charge in [-0.2, -0.15) is 4.31 Å². The molecule has 0 aliphatic carbocycles. The van der Waals surface area contributed by atoms with Gasteiger partial charge < -0.3 is 10.6 Å². The van der Waals surface area contributed by atoms with Gasteiger partial charge in [-0.15, -0.1) is 0 Å². The van der Waals surface area contributed by atoms with E-state index < -0.39 is 10.0 Å². The van der Waals surface area contributed by atoms with Gasteiger partial charge in [0.15, 0.2) is 0 Å². The Bertz CT molecular complexity index is 1330. The van der Waals surface area contributed by atoms with Crippen molar-refractivity contribution < 1.29 is 18.0 Å². The van der Waals surface area contributed by atoms with Crippen molar-refractivity contribution in [3.63, 3.8) is 0 Å². The molecule has 8 heteroatoms. The third-order valence-corrected chi connectivity index (χ3v) is 8.07. The summed E-state index contributed by atoms with van der Waals surface area (Å²) in [4.78, 5) is 24.3. The normalized spacial score (nSPS) is 16.5. The van der Waals surface area contributed by atoms with Gasteiger partial charge in [-0.1, -0.05) is 49.0 Å². The van der Waals surface area contributed by atoms with E-state index in [-0.39, 0.29) is 29.3 Å². The molecule has 0 radical (unpaired) electrons. The molecular formula is C27H29N3O4S. The minimum Gasteiger partial charge on any atom is -0.349 e. The van der Waals surface area contributed by atoms with E-state index >= 15 is 0 Å². The summed E-state index contributed by atoms with van der Waals surface area (Å²) >= 11 is 0. The monoisotopic (exact) mass is 491 g/mol. The van der Waals surface area contributed by atoms with Crippen LogP contribution in [0.25, 0.3) is 10.8 Å². The zero-order valence-corrected chi connectivity index (χ0v) is 20.3. The molecule has 2 N–H and O–H groups in total. The molecule has 4 rings (SSSR count). The van der Waals surface area contributed by atoms with Gasteiger partial charge in [0.1, 0.15) is 0 Å². The summed E-state index contributed by atoms with van der Waals surface area (Å²) in [6, 6.07) is 20.1. The zero-order valence-electron chi connectivity index (χ0n) is 19.4. The first kappa shape index (κ1) is 24.6. The molecule has 1 saturated heterocycles. The van der Waals surface area contributed by atoms with Crippen molar-refractivity contribution in [2.24, 2.45) is 0 Å². The number of hydrogen-bond acceptors (Lipinski definition) is 4. The molecule has 1 atom stereocenters. The first-order chi connectivity index (χ1) is 16.9. The summed E-state index contributed by atoms with van der Waals surface area (Å²) in [5.41, 5.74) is 1.66. The topological polar surface area (TPSA) is 95.6 Å². The Hall–Kier alpha value is -3.49. The van der Waals surface area contributed by atoms with Crippen LogP contribution in [0.4, 0.5) is 5.69 Å². The standard InChI is InChI=1S/C27H29N3O4S/c1-2-26(31)29-23-10-6-18-30(19-23)35(33,34)24-15-13-22(14-16-24)28-27(32)17-12-21-9-5-8-20-7-3-4-11-25(20)21/h2-5,7-9,11,13-16,23H,1,6,10,12,17-19H2,(H,28,32)(H,29,31)/t23-/m0/s1. The fourth-order valence-corrected chi connectivity index (χ4v) is 5.90. The van der Waals surface area contributed by atoms with Crippen molar-refractivity contribution in [3.05, 3.63) is 84.9 Å². The van der Waals surface area contributed by atoms with E-state index in [0.29, 0.717) is 31.5 Å². The van der Waals surface area contributed by atoms with Gasteiger partial charge in [-0.3, -0.25) is 9.59 Å². The van der Waals surface area contributed by atoms with Crippen molar-refractivity contribution in [1.29, 1.82) is 0 Å². The van der Waals surface area contributed by atoms with Crippen LogP contribution >= 0.6 is 0 Å². The molecule has 7 nitrogen and oxygen atoms in total. The number of anilines is 1. The maximum Gasteiger partial charge on any atom is 0.243 e. The Morgan fingerprint density at radius 3 is 2.54 bits per heavy atom. The second-order valence-corrected chi connectivity index (χ2v) is 10.6. The summed E-state index contributed by atoms with van der Waals surface area (Å²) in [6.45, 7) is 4.05. The lowest BCUT2D eigenvalue weighted by Gasteiger charge is -2.32. The molecule has 182 valence electrons. The van der Waals surface area contributed by atoms with E-state index in [1.54, 1.807) is 12.1 Å². The van der Waals surface area contributed by atoms with Crippen LogP contribution in [0, 0.1) is 0 Å². The minimum atomic E-state index is -3.71. The van der Waals surface area contributed by atoms with Crippen LogP contribution in [0.1, 0.15) is 24.8 Å². The number of rotatable bonds is 8. The number of amides is 2. The molecule has 0 saturated carbocycles.